The summed E-state index contributed by atoms with van der Waals surface area (Å²) in [6, 6.07) is 5.51. The van der Waals surface area contributed by atoms with Crippen molar-refractivity contribution in [3.8, 4) is 0 Å². The molecule has 0 aliphatic rings. The van der Waals surface area contributed by atoms with Crippen LogP contribution in [-0.4, -0.2) is 21.1 Å². The Hall–Kier alpha value is -2.24. The molecule has 0 bridgehead atoms. The SMILES string of the molecule is CCCc1nc(C(=O)Nc2ccc(F)cc2)n[nH]1. The highest BCUT2D eigenvalue weighted by Crippen LogP contribution is 2.09. The van der Waals surface area contributed by atoms with Gasteiger partial charge in [-0.25, -0.2) is 9.37 Å². The van der Waals surface area contributed by atoms with Crippen molar-refractivity contribution in [2.45, 2.75) is 19.8 Å². The van der Waals surface area contributed by atoms with Gasteiger partial charge in [-0.1, -0.05) is 6.92 Å². The first-order chi connectivity index (χ1) is 8.69. The lowest BCUT2D eigenvalue weighted by atomic mass is 10.3. The molecule has 0 aliphatic carbocycles. The summed E-state index contributed by atoms with van der Waals surface area (Å²) in [5, 5.41) is 9.12. The molecule has 2 rings (SSSR count). The first-order valence-corrected chi connectivity index (χ1v) is 5.67. The first-order valence-electron chi connectivity index (χ1n) is 5.67. The summed E-state index contributed by atoms with van der Waals surface area (Å²) in [5.41, 5.74) is 0.503. The molecule has 0 aliphatic heterocycles. The van der Waals surface area contributed by atoms with E-state index in [4.69, 9.17) is 0 Å². The normalized spacial score (nSPS) is 10.3. The number of carbonyl (C=O) groups is 1. The van der Waals surface area contributed by atoms with E-state index in [1.54, 1.807) is 0 Å². The van der Waals surface area contributed by atoms with Gasteiger partial charge in [0.1, 0.15) is 11.6 Å². The number of hydrogen-bond donors (Lipinski definition) is 2. The third-order valence-electron chi connectivity index (χ3n) is 2.32. The summed E-state index contributed by atoms with van der Waals surface area (Å²) in [4.78, 5) is 15.8. The van der Waals surface area contributed by atoms with E-state index in [2.05, 4.69) is 20.5 Å². The van der Waals surface area contributed by atoms with Crippen LogP contribution in [0, 0.1) is 5.82 Å². The molecule has 2 N–H and O–H groups in total. The Bertz CT molecular complexity index is 535. The van der Waals surface area contributed by atoms with Crippen LogP contribution in [0.3, 0.4) is 0 Å². The second kappa shape index (κ2) is 5.39. The smallest absolute Gasteiger partial charge is 0.295 e. The Kier molecular flexibility index (Phi) is 3.66. The first kappa shape index (κ1) is 12.2. The molecular weight excluding hydrogens is 235 g/mol. The predicted molar refractivity (Wildman–Crippen MR) is 64.7 cm³/mol. The predicted octanol–water partition coefficient (Wildman–Crippen LogP) is 2.15. The second-order valence-corrected chi connectivity index (χ2v) is 3.82. The van der Waals surface area contributed by atoms with Crippen molar-refractivity contribution in [1.82, 2.24) is 15.2 Å². The fraction of sp³-hybridized carbons (Fsp3) is 0.250. The lowest BCUT2D eigenvalue weighted by Gasteiger charge is -2.01. The van der Waals surface area contributed by atoms with E-state index in [1.807, 2.05) is 6.92 Å². The minimum atomic E-state index is -0.416. The van der Waals surface area contributed by atoms with Crippen LogP contribution in [0.15, 0.2) is 24.3 Å². The van der Waals surface area contributed by atoms with E-state index in [0.717, 1.165) is 12.8 Å². The molecule has 0 spiro atoms. The third kappa shape index (κ3) is 2.91. The molecule has 94 valence electrons. The number of nitrogens with one attached hydrogen (secondary N) is 2. The van der Waals surface area contributed by atoms with E-state index in [-0.39, 0.29) is 11.6 Å². The highest BCUT2D eigenvalue weighted by atomic mass is 19.1. The molecular formula is C12H13FN4O. The molecule has 1 heterocycles. The summed E-state index contributed by atoms with van der Waals surface area (Å²) in [6.45, 7) is 2.01. The number of aromatic amines is 1. The quantitative estimate of drug-likeness (QED) is 0.870. The van der Waals surface area contributed by atoms with Gasteiger partial charge in [-0.05, 0) is 30.7 Å². The molecule has 0 unspecified atom stereocenters. The average Bonchev–Trinajstić information content (AvgIpc) is 2.81. The monoisotopic (exact) mass is 248 g/mol. The molecule has 1 aromatic carbocycles. The zero-order valence-corrected chi connectivity index (χ0v) is 9.90. The van der Waals surface area contributed by atoms with Crippen molar-refractivity contribution < 1.29 is 9.18 Å². The van der Waals surface area contributed by atoms with Gasteiger partial charge < -0.3 is 5.32 Å². The van der Waals surface area contributed by atoms with Crippen molar-refractivity contribution in [3.63, 3.8) is 0 Å². The number of carbonyl (C=O) groups excluding carboxylic acids is 1. The summed E-state index contributed by atoms with van der Waals surface area (Å²) in [5.74, 6) is 0.000804. The van der Waals surface area contributed by atoms with Crippen LogP contribution in [0.25, 0.3) is 0 Å². The zero-order valence-electron chi connectivity index (χ0n) is 9.90. The maximum absolute atomic E-state index is 12.7. The summed E-state index contributed by atoms with van der Waals surface area (Å²) >= 11 is 0. The highest BCUT2D eigenvalue weighted by Gasteiger charge is 2.12. The topological polar surface area (TPSA) is 70.7 Å². The lowest BCUT2D eigenvalue weighted by molar-refractivity contribution is 0.101. The third-order valence-corrected chi connectivity index (χ3v) is 2.32. The van der Waals surface area contributed by atoms with Gasteiger partial charge in [0.2, 0.25) is 5.82 Å². The second-order valence-electron chi connectivity index (χ2n) is 3.82. The van der Waals surface area contributed by atoms with Crippen LogP contribution in [0.1, 0.15) is 29.8 Å². The summed E-state index contributed by atoms with van der Waals surface area (Å²) in [6.07, 6.45) is 1.67. The lowest BCUT2D eigenvalue weighted by Crippen LogP contribution is -2.13. The number of benzene rings is 1. The zero-order chi connectivity index (χ0) is 13.0. The molecule has 0 fully saturated rings. The Morgan fingerprint density at radius 2 is 2.11 bits per heavy atom. The number of hydrogen-bond acceptors (Lipinski definition) is 3. The fourth-order valence-electron chi connectivity index (χ4n) is 1.47. The molecule has 1 amide bonds. The molecule has 0 radical (unpaired) electrons. The number of nitrogens with zero attached hydrogens (tertiary/aromatic N) is 2. The number of H-pyrrole nitrogens is 1. The largest absolute Gasteiger partial charge is 0.319 e. The van der Waals surface area contributed by atoms with Gasteiger partial charge in [0.25, 0.3) is 5.91 Å². The number of aryl methyl sites for hydroxylation is 1. The minimum Gasteiger partial charge on any atom is -0.319 e. The fourth-order valence-corrected chi connectivity index (χ4v) is 1.47. The molecule has 0 atom stereocenters. The van der Waals surface area contributed by atoms with Gasteiger partial charge in [0.05, 0.1) is 0 Å². The molecule has 1 aromatic heterocycles. The van der Waals surface area contributed by atoms with Crippen LogP contribution in [-0.2, 0) is 6.42 Å². The van der Waals surface area contributed by atoms with Gasteiger partial charge in [0.15, 0.2) is 0 Å². The Labute approximate surface area is 103 Å². The molecule has 6 heteroatoms. The number of halogens is 1. The maximum Gasteiger partial charge on any atom is 0.295 e. The van der Waals surface area contributed by atoms with Crippen LogP contribution in [0.5, 0.6) is 0 Å². The highest BCUT2D eigenvalue weighted by molar-refractivity contribution is 6.01. The van der Waals surface area contributed by atoms with Crippen LogP contribution in [0.2, 0.25) is 0 Å². The number of aromatic nitrogens is 3. The van der Waals surface area contributed by atoms with Crippen molar-refractivity contribution in [2.75, 3.05) is 5.32 Å². The van der Waals surface area contributed by atoms with Crippen molar-refractivity contribution in [3.05, 3.63) is 41.7 Å². The number of anilines is 1. The Morgan fingerprint density at radius 1 is 1.39 bits per heavy atom. The molecule has 2 aromatic rings. The van der Waals surface area contributed by atoms with Gasteiger partial charge in [-0.3, -0.25) is 9.89 Å². The van der Waals surface area contributed by atoms with Gasteiger partial charge in [-0.2, -0.15) is 0 Å². The summed E-state index contributed by atoms with van der Waals surface area (Å²) < 4.78 is 12.7. The number of amides is 1. The Morgan fingerprint density at radius 3 is 2.78 bits per heavy atom. The van der Waals surface area contributed by atoms with Crippen molar-refractivity contribution in [2.24, 2.45) is 0 Å². The van der Waals surface area contributed by atoms with Crippen molar-refractivity contribution >= 4 is 11.6 Å². The van der Waals surface area contributed by atoms with Gasteiger partial charge >= 0.3 is 0 Å². The van der Waals surface area contributed by atoms with E-state index in [1.165, 1.54) is 24.3 Å². The minimum absolute atomic E-state index is 0.0859. The van der Waals surface area contributed by atoms with E-state index in [0.29, 0.717) is 11.5 Å². The number of rotatable bonds is 4. The van der Waals surface area contributed by atoms with Crippen molar-refractivity contribution in [1.29, 1.82) is 0 Å². The molecule has 18 heavy (non-hydrogen) atoms. The van der Waals surface area contributed by atoms with E-state index in [9.17, 15) is 9.18 Å². The Balaban J connectivity index is 2.04. The summed E-state index contributed by atoms with van der Waals surface area (Å²) in [7, 11) is 0. The van der Waals surface area contributed by atoms with Gasteiger partial charge in [-0.15, -0.1) is 5.10 Å². The molecule has 0 saturated heterocycles. The average molecular weight is 248 g/mol. The van der Waals surface area contributed by atoms with Gasteiger partial charge in [0, 0.05) is 12.1 Å². The van der Waals surface area contributed by atoms with Crippen LogP contribution < -0.4 is 5.32 Å². The molecule has 5 nitrogen and oxygen atoms in total. The van der Waals surface area contributed by atoms with E-state index >= 15 is 0 Å². The van der Waals surface area contributed by atoms with E-state index < -0.39 is 5.91 Å². The standard InChI is InChI=1S/C12H13FN4O/c1-2-3-10-15-11(17-16-10)12(18)14-9-6-4-8(13)5-7-9/h4-7H,2-3H2,1H3,(H,14,18)(H,15,16,17). The molecule has 0 saturated carbocycles. The van der Waals surface area contributed by atoms with Crippen LogP contribution >= 0.6 is 0 Å². The van der Waals surface area contributed by atoms with Crippen LogP contribution in [0.4, 0.5) is 10.1 Å². The maximum atomic E-state index is 12.7.